The van der Waals surface area contributed by atoms with Crippen LogP contribution < -0.4 is 5.32 Å². The molecule has 126 valence electrons. The maximum Gasteiger partial charge on any atom is 0.304 e. The number of rotatable bonds is 4. The van der Waals surface area contributed by atoms with Crippen LogP contribution in [0.2, 0.25) is 0 Å². The monoisotopic (exact) mass is 344 g/mol. The highest BCUT2D eigenvalue weighted by atomic mass is 35.5. The van der Waals surface area contributed by atoms with Gasteiger partial charge >= 0.3 is 11.9 Å². The Bertz CT molecular complexity index is 313. The van der Waals surface area contributed by atoms with Crippen molar-refractivity contribution >= 4 is 36.8 Å². The van der Waals surface area contributed by atoms with Crippen molar-refractivity contribution in [3.8, 4) is 0 Å². The van der Waals surface area contributed by atoms with E-state index in [0.717, 1.165) is 38.8 Å². The van der Waals surface area contributed by atoms with Crippen molar-refractivity contribution in [2.45, 2.75) is 50.6 Å². The zero-order valence-electron chi connectivity index (χ0n) is 12.3. The number of carboxylic acid groups (broad SMARTS) is 2. The van der Waals surface area contributed by atoms with Gasteiger partial charge in [0.2, 0.25) is 0 Å². The van der Waals surface area contributed by atoms with E-state index >= 15 is 0 Å². The topological polar surface area (TPSA) is 89.9 Å². The van der Waals surface area contributed by atoms with Gasteiger partial charge in [-0.15, -0.1) is 24.8 Å². The van der Waals surface area contributed by atoms with Crippen molar-refractivity contribution in [1.29, 1.82) is 0 Å². The van der Waals surface area contributed by atoms with Crippen molar-refractivity contribution < 1.29 is 19.8 Å². The Morgan fingerprint density at radius 3 is 2.10 bits per heavy atom. The van der Waals surface area contributed by atoms with E-state index in [2.05, 4.69) is 10.2 Å². The van der Waals surface area contributed by atoms with Gasteiger partial charge in [-0.25, -0.2) is 0 Å². The summed E-state index contributed by atoms with van der Waals surface area (Å²) in [5, 5.41) is 19.9. The number of halogens is 2. The van der Waals surface area contributed by atoms with Gasteiger partial charge in [0.25, 0.3) is 0 Å². The van der Waals surface area contributed by atoms with Gasteiger partial charge in [0.05, 0.1) is 12.8 Å². The van der Waals surface area contributed by atoms with Gasteiger partial charge in [-0.1, -0.05) is 0 Å². The van der Waals surface area contributed by atoms with E-state index in [1.165, 1.54) is 0 Å². The van der Waals surface area contributed by atoms with Gasteiger partial charge in [-0.05, 0) is 45.8 Å². The van der Waals surface area contributed by atoms with Crippen LogP contribution in [0.5, 0.6) is 0 Å². The van der Waals surface area contributed by atoms with E-state index in [9.17, 15) is 9.59 Å². The summed E-state index contributed by atoms with van der Waals surface area (Å²) in [6.45, 7) is 2.04. The zero-order valence-corrected chi connectivity index (χ0v) is 13.9. The number of likely N-dealkylation sites (tertiary alicyclic amines) is 1. The van der Waals surface area contributed by atoms with Gasteiger partial charge in [0.1, 0.15) is 0 Å². The van der Waals surface area contributed by atoms with Gasteiger partial charge in [-0.3, -0.25) is 9.59 Å². The summed E-state index contributed by atoms with van der Waals surface area (Å²) in [4.78, 5) is 22.5. The van der Waals surface area contributed by atoms with Crippen LogP contribution in [0, 0.1) is 0 Å². The van der Waals surface area contributed by atoms with E-state index in [1.807, 2.05) is 7.05 Å². The number of carbonyl (C=O) groups is 2. The second-order valence-corrected chi connectivity index (χ2v) is 5.27. The normalized spacial score (nSPS) is 24.2. The largest absolute Gasteiger partial charge is 0.481 e. The standard InChI is InChI=1S/C7H13NO2.C6H11NO2.2ClH/c1-8-4-2-3-6(8)5-7(9)10;8-6(9)4-5-2-1-3-7-5;;/h6H,2-5H2,1H3,(H,9,10);5,7H,1-4H2,(H,8,9);2*1H/t6-;5-;;/m11../s1. The van der Waals surface area contributed by atoms with Crippen molar-refractivity contribution in [3.63, 3.8) is 0 Å². The first-order chi connectivity index (χ1) is 8.99. The lowest BCUT2D eigenvalue weighted by molar-refractivity contribution is -0.138. The molecule has 21 heavy (non-hydrogen) atoms. The summed E-state index contributed by atoms with van der Waals surface area (Å²) >= 11 is 0. The molecular formula is C13H26Cl2N2O4. The summed E-state index contributed by atoms with van der Waals surface area (Å²) in [5.74, 6) is -1.38. The lowest BCUT2D eigenvalue weighted by Crippen LogP contribution is -2.27. The van der Waals surface area contributed by atoms with E-state index in [-0.39, 0.29) is 43.3 Å². The highest BCUT2D eigenvalue weighted by Crippen LogP contribution is 2.17. The van der Waals surface area contributed by atoms with Gasteiger partial charge < -0.3 is 20.4 Å². The molecule has 0 unspecified atom stereocenters. The molecule has 0 aromatic heterocycles. The molecule has 2 rings (SSSR count). The molecule has 0 saturated carbocycles. The van der Waals surface area contributed by atoms with Crippen LogP contribution in [0.4, 0.5) is 0 Å². The van der Waals surface area contributed by atoms with E-state index in [0.29, 0.717) is 6.42 Å². The Balaban J connectivity index is 0. The zero-order chi connectivity index (χ0) is 14.3. The number of hydrogen-bond donors (Lipinski definition) is 3. The third-order valence-electron chi connectivity index (χ3n) is 3.67. The molecule has 2 atom stereocenters. The van der Waals surface area contributed by atoms with Crippen molar-refractivity contribution in [3.05, 3.63) is 0 Å². The van der Waals surface area contributed by atoms with Crippen molar-refractivity contribution in [2.75, 3.05) is 20.1 Å². The van der Waals surface area contributed by atoms with Gasteiger partial charge in [0.15, 0.2) is 0 Å². The first kappa shape index (κ1) is 22.7. The molecule has 2 aliphatic heterocycles. The molecule has 0 bridgehead atoms. The molecular weight excluding hydrogens is 319 g/mol. The molecule has 6 nitrogen and oxygen atoms in total. The van der Waals surface area contributed by atoms with Gasteiger partial charge in [-0.2, -0.15) is 0 Å². The third-order valence-corrected chi connectivity index (χ3v) is 3.67. The molecule has 0 radical (unpaired) electrons. The second-order valence-electron chi connectivity index (χ2n) is 5.27. The van der Waals surface area contributed by atoms with Crippen LogP contribution in [0.1, 0.15) is 38.5 Å². The number of carboxylic acids is 2. The Morgan fingerprint density at radius 2 is 1.71 bits per heavy atom. The first-order valence-electron chi connectivity index (χ1n) is 6.86. The predicted molar refractivity (Wildman–Crippen MR) is 85.7 cm³/mol. The fraction of sp³-hybridized carbons (Fsp3) is 0.846. The summed E-state index contributed by atoms with van der Waals surface area (Å²) in [7, 11) is 1.99. The van der Waals surface area contributed by atoms with Crippen LogP contribution in [0.15, 0.2) is 0 Å². The average molecular weight is 345 g/mol. The molecule has 0 aromatic carbocycles. The number of nitrogens with zero attached hydrogens (tertiary/aromatic N) is 1. The van der Waals surface area contributed by atoms with Crippen molar-refractivity contribution in [1.82, 2.24) is 10.2 Å². The fourth-order valence-corrected chi connectivity index (χ4v) is 2.58. The number of nitrogens with one attached hydrogen (secondary N) is 1. The fourth-order valence-electron chi connectivity index (χ4n) is 2.58. The molecule has 0 amide bonds. The molecule has 0 aromatic rings. The first-order valence-corrected chi connectivity index (χ1v) is 6.86. The highest BCUT2D eigenvalue weighted by molar-refractivity contribution is 5.85. The Morgan fingerprint density at radius 1 is 1.10 bits per heavy atom. The predicted octanol–water partition coefficient (Wildman–Crippen LogP) is 1.61. The van der Waals surface area contributed by atoms with E-state index < -0.39 is 11.9 Å². The summed E-state index contributed by atoms with van der Waals surface area (Å²) in [6.07, 6.45) is 4.91. The van der Waals surface area contributed by atoms with Crippen LogP contribution in [-0.2, 0) is 9.59 Å². The maximum absolute atomic E-state index is 10.3. The SMILES string of the molecule is CN1CCC[C@@H]1CC(=O)O.Cl.Cl.O=C(O)C[C@H]1CCCN1. The summed E-state index contributed by atoms with van der Waals surface area (Å²) < 4.78 is 0. The maximum atomic E-state index is 10.3. The lowest BCUT2D eigenvalue weighted by Gasteiger charge is -2.16. The third kappa shape index (κ3) is 9.90. The number of aliphatic carboxylic acids is 2. The number of hydrogen-bond acceptors (Lipinski definition) is 4. The Kier molecular flexibility index (Phi) is 13.0. The van der Waals surface area contributed by atoms with Crippen LogP contribution in [0.25, 0.3) is 0 Å². The Hall–Kier alpha value is -0.560. The second kappa shape index (κ2) is 12.0. The minimum absolute atomic E-state index is 0. The van der Waals surface area contributed by atoms with Gasteiger partial charge in [0, 0.05) is 12.1 Å². The van der Waals surface area contributed by atoms with Crippen LogP contribution in [0.3, 0.4) is 0 Å². The lowest BCUT2D eigenvalue weighted by atomic mass is 10.1. The molecule has 3 N–H and O–H groups in total. The molecule has 0 aliphatic carbocycles. The van der Waals surface area contributed by atoms with Crippen molar-refractivity contribution in [2.24, 2.45) is 0 Å². The van der Waals surface area contributed by atoms with E-state index in [1.54, 1.807) is 0 Å². The quantitative estimate of drug-likeness (QED) is 0.717. The highest BCUT2D eigenvalue weighted by Gasteiger charge is 2.22. The molecule has 2 aliphatic rings. The molecule has 2 saturated heterocycles. The van der Waals surface area contributed by atoms with E-state index in [4.69, 9.17) is 10.2 Å². The van der Waals surface area contributed by atoms with Crippen LogP contribution >= 0.6 is 24.8 Å². The molecule has 2 heterocycles. The minimum Gasteiger partial charge on any atom is -0.481 e. The summed E-state index contributed by atoms with van der Waals surface area (Å²) in [6, 6.07) is 0.528. The smallest absolute Gasteiger partial charge is 0.304 e. The Labute approximate surface area is 138 Å². The minimum atomic E-state index is -0.700. The average Bonchev–Trinajstić information content (AvgIpc) is 2.91. The molecule has 0 spiro atoms. The molecule has 8 heteroatoms. The van der Waals surface area contributed by atoms with Crippen LogP contribution in [-0.4, -0.2) is 59.3 Å². The molecule has 2 fully saturated rings. The summed E-state index contributed by atoms with van der Waals surface area (Å²) in [5.41, 5.74) is 0.